The molecule has 0 radical (unpaired) electrons. The molecule has 0 saturated carbocycles. The van der Waals surface area contributed by atoms with Crippen LogP contribution in [-0.4, -0.2) is 5.66 Å². The van der Waals surface area contributed by atoms with Gasteiger partial charge in [0.2, 0.25) is 0 Å². The van der Waals surface area contributed by atoms with E-state index in [0.29, 0.717) is 23.4 Å². The molecule has 1 heterocycles. The number of hydrogen-bond acceptors (Lipinski definition) is 1. The van der Waals surface area contributed by atoms with Crippen LogP contribution in [-0.2, 0) is 0 Å². The number of allylic oxidation sites excluding steroid dienone is 14. The number of hydrogen-bond donors (Lipinski definition) is 1. The molecule has 208 valence electrons. The van der Waals surface area contributed by atoms with Crippen molar-refractivity contribution in [3.8, 4) is 0 Å². The number of benzene rings is 1. The third-order valence-electron chi connectivity index (χ3n) is 10.5. The molecular weight excluding hydrogens is 513 g/mol. The van der Waals surface area contributed by atoms with Crippen molar-refractivity contribution in [2.24, 2.45) is 17.8 Å². The molecule has 6 atom stereocenters. The average molecular weight is 556 g/mol. The maximum Gasteiger partial charge on any atom is 0.0773 e. The normalized spacial score (nSPS) is 32.3. The first-order valence-electron chi connectivity index (χ1n) is 16.2. The Morgan fingerprint density at radius 2 is 1.80 bits per heavy atom. The van der Waals surface area contributed by atoms with Crippen molar-refractivity contribution in [2.45, 2.75) is 75.9 Å². The Balaban J connectivity index is 1.22. The van der Waals surface area contributed by atoms with Crippen LogP contribution in [0.2, 0.25) is 0 Å². The Bertz CT molecular complexity index is 1500. The van der Waals surface area contributed by atoms with Crippen LogP contribution in [0, 0.1) is 17.8 Å². The predicted molar refractivity (Wildman–Crippen MR) is 175 cm³/mol. The van der Waals surface area contributed by atoms with Gasteiger partial charge in [-0.3, -0.25) is 0 Å². The maximum absolute atomic E-state index is 4.15. The Morgan fingerprint density at radius 3 is 2.71 bits per heavy atom. The summed E-state index contributed by atoms with van der Waals surface area (Å²) < 4.78 is 0. The summed E-state index contributed by atoms with van der Waals surface area (Å²) in [5.74, 6) is 1.67. The number of nitrogens with one attached hydrogen (secondary N) is 1. The summed E-state index contributed by atoms with van der Waals surface area (Å²) in [6, 6.07) is 9.30. The quantitative estimate of drug-likeness (QED) is 0.288. The molecule has 6 unspecified atom stereocenters. The van der Waals surface area contributed by atoms with Gasteiger partial charge in [-0.2, -0.15) is 0 Å². The molecule has 0 spiro atoms. The van der Waals surface area contributed by atoms with Crippen molar-refractivity contribution in [1.82, 2.24) is 5.32 Å². The van der Waals surface area contributed by atoms with E-state index < -0.39 is 0 Å². The predicted octanol–water partition coefficient (Wildman–Crippen LogP) is 10.6. The van der Waals surface area contributed by atoms with Crippen molar-refractivity contribution >= 4 is 14.0 Å². The Hall–Kier alpha value is -2.89. The highest BCUT2D eigenvalue weighted by Crippen LogP contribution is 2.64. The van der Waals surface area contributed by atoms with Gasteiger partial charge in [0.05, 0.1) is 6.04 Å². The van der Waals surface area contributed by atoms with E-state index in [0.717, 1.165) is 6.42 Å². The second-order valence-electron chi connectivity index (χ2n) is 12.9. The minimum absolute atomic E-state index is 0.255. The molecule has 0 fully saturated rings. The fourth-order valence-electron chi connectivity index (χ4n) is 8.55. The van der Waals surface area contributed by atoms with Gasteiger partial charge in [-0.15, -0.1) is 0 Å². The van der Waals surface area contributed by atoms with Gasteiger partial charge in [0.1, 0.15) is 0 Å². The van der Waals surface area contributed by atoms with E-state index in [-0.39, 0.29) is 14.0 Å². The SMILES string of the molecule is C1=CCCC(P(C2=CCCCC2)C2C=CCC(C3=C4C=Cc5ccccc5C4NC4=C3C=CC3CCC=CC43)C2)=C1. The number of rotatable bonds is 4. The van der Waals surface area contributed by atoms with Crippen molar-refractivity contribution in [3.05, 3.63) is 135 Å². The van der Waals surface area contributed by atoms with Crippen LogP contribution < -0.4 is 5.32 Å². The van der Waals surface area contributed by atoms with E-state index in [9.17, 15) is 0 Å². The highest BCUT2D eigenvalue weighted by atomic mass is 31.1. The second kappa shape index (κ2) is 11.1. The van der Waals surface area contributed by atoms with E-state index in [4.69, 9.17) is 0 Å². The molecule has 1 N–H and O–H groups in total. The molecule has 0 aromatic heterocycles. The summed E-state index contributed by atoms with van der Waals surface area (Å²) in [5.41, 5.74) is 9.61. The highest BCUT2D eigenvalue weighted by molar-refractivity contribution is 7.67. The lowest BCUT2D eigenvalue weighted by atomic mass is 9.68. The summed E-state index contributed by atoms with van der Waals surface area (Å²) in [6.07, 6.45) is 42.6. The smallest absolute Gasteiger partial charge is 0.0773 e. The fourth-order valence-corrected chi connectivity index (χ4v) is 11.9. The zero-order valence-corrected chi connectivity index (χ0v) is 25.0. The van der Waals surface area contributed by atoms with Gasteiger partial charge >= 0.3 is 0 Å². The first kappa shape index (κ1) is 25.8. The van der Waals surface area contributed by atoms with Crippen LogP contribution in [0.5, 0.6) is 0 Å². The van der Waals surface area contributed by atoms with Crippen molar-refractivity contribution in [2.75, 3.05) is 0 Å². The molecule has 0 saturated heterocycles. The van der Waals surface area contributed by atoms with E-state index in [1.807, 2.05) is 0 Å². The molecule has 2 heteroatoms. The molecule has 1 nitrogen and oxygen atoms in total. The van der Waals surface area contributed by atoms with E-state index in [1.54, 1.807) is 16.2 Å². The zero-order chi connectivity index (χ0) is 27.2. The molecule has 0 amide bonds. The average Bonchev–Trinajstić information content (AvgIpc) is 3.05. The first-order chi connectivity index (χ1) is 20.3. The first-order valence-corrected chi connectivity index (χ1v) is 17.6. The largest absolute Gasteiger partial charge is 0.376 e. The molecule has 41 heavy (non-hydrogen) atoms. The molecule has 6 aliphatic carbocycles. The molecule has 1 aliphatic heterocycles. The summed E-state index contributed by atoms with van der Waals surface area (Å²) in [6.45, 7) is 0. The lowest BCUT2D eigenvalue weighted by molar-refractivity contribution is 0.425. The van der Waals surface area contributed by atoms with Gasteiger partial charge in [0.25, 0.3) is 0 Å². The van der Waals surface area contributed by atoms with Crippen molar-refractivity contribution < 1.29 is 0 Å². The summed E-state index contributed by atoms with van der Waals surface area (Å²) in [4.78, 5) is 0. The summed E-state index contributed by atoms with van der Waals surface area (Å²) in [7, 11) is -0.273. The van der Waals surface area contributed by atoms with Crippen LogP contribution >= 0.6 is 7.92 Å². The second-order valence-corrected chi connectivity index (χ2v) is 15.4. The monoisotopic (exact) mass is 555 g/mol. The third kappa shape index (κ3) is 4.66. The molecule has 8 rings (SSSR count). The lowest BCUT2D eigenvalue weighted by Gasteiger charge is -2.44. The van der Waals surface area contributed by atoms with Crippen LogP contribution in [0.25, 0.3) is 6.08 Å². The van der Waals surface area contributed by atoms with Gasteiger partial charge in [0, 0.05) is 17.3 Å². The lowest BCUT2D eigenvalue weighted by Crippen LogP contribution is -2.38. The Kier molecular flexibility index (Phi) is 6.96. The molecule has 1 aromatic rings. The van der Waals surface area contributed by atoms with Crippen molar-refractivity contribution in [3.63, 3.8) is 0 Å². The molecule has 1 aromatic carbocycles. The Labute approximate surface area is 247 Å². The third-order valence-corrected chi connectivity index (χ3v) is 13.6. The summed E-state index contributed by atoms with van der Waals surface area (Å²) in [5, 5.41) is 7.68. The van der Waals surface area contributed by atoms with E-state index in [2.05, 4.69) is 102 Å². The number of dihydropyridines is 1. The highest BCUT2D eigenvalue weighted by Gasteiger charge is 2.40. The van der Waals surface area contributed by atoms with Crippen LogP contribution in [0.4, 0.5) is 0 Å². The topological polar surface area (TPSA) is 12.0 Å². The zero-order valence-electron chi connectivity index (χ0n) is 24.1. The summed E-state index contributed by atoms with van der Waals surface area (Å²) >= 11 is 0. The number of fused-ring (bicyclic) bond motifs is 5. The maximum atomic E-state index is 4.15. The fraction of sp³-hybridized carbons (Fsp3) is 0.385. The van der Waals surface area contributed by atoms with Gasteiger partial charge in [-0.25, -0.2) is 0 Å². The van der Waals surface area contributed by atoms with E-state index in [1.165, 1.54) is 85.8 Å². The van der Waals surface area contributed by atoms with Crippen LogP contribution in [0.1, 0.15) is 81.4 Å². The minimum atomic E-state index is -0.273. The van der Waals surface area contributed by atoms with Gasteiger partial charge < -0.3 is 5.32 Å². The van der Waals surface area contributed by atoms with Gasteiger partial charge in [-0.05, 0) is 122 Å². The van der Waals surface area contributed by atoms with Crippen LogP contribution in [0.15, 0.2) is 124 Å². The van der Waals surface area contributed by atoms with Crippen LogP contribution in [0.3, 0.4) is 0 Å². The molecular formula is C39H42NP. The Morgan fingerprint density at radius 1 is 0.829 bits per heavy atom. The molecule has 7 aliphatic rings. The van der Waals surface area contributed by atoms with Gasteiger partial charge in [-0.1, -0.05) is 97.2 Å². The molecule has 0 bridgehead atoms. The van der Waals surface area contributed by atoms with Gasteiger partial charge in [0.15, 0.2) is 0 Å². The van der Waals surface area contributed by atoms with E-state index >= 15 is 0 Å². The van der Waals surface area contributed by atoms with Crippen molar-refractivity contribution in [1.29, 1.82) is 0 Å². The minimum Gasteiger partial charge on any atom is -0.376 e. The standard InChI is InChI=1S/C39H42NP/c1-3-15-30(16-4-1)41(31-17-5-2-6-18-31)32-19-11-14-29(26-32)37-35-24-22-27-12-7-9-20-33(27)38(35)40-39-34-21-10-8-13-28(34)23-25-36(37)39/h1,3,7,9-12,15,17,19-25,28-29,32,34,38,40H,2,4-6,8,13-14,16,18,26H2.